The second-order valence-corrected chi connectivity index (χ2v) is 5.18. The summed E-state index contributed by atoms with van der Waals surface area (Å²) in [4.78, 5) is 12.3. The maximum Gasteiger partial charge on any atom is 0.258 e. The lowest BCUT2D eigenvalue weighted by Gasteiger charge is -2.10. The first-order valence-electron chi connectivity index (χ1n) is 7.14. The summed E-state index contributed by atoms with van der Waals surface area (Å²) in [6.07, 6.45) is 4.05. The van der Waals surface area contributed by atoms with Crippen LogP contribution in [0.25, 0.3) is 0 Å². The first-order chi connectivity index (χ1) is 10.7. The van der Waals surface area contributed by atoms with Crippen molar-refractivity contribution in [3.63, 3.8) is 0 Å². The molecule has 0 aliphatic carbocycles. The standard InChI is InChI=1S/C18H17N3O/c1-21-13-16(12-19-21)18(22)20-17-10-6-5-9-15(17)11-14-7-3-2-4-8-14/h2-10,12-13H,11H2,1H3,(H,20,22). The summed E-state index contributed by atoms with van der Waals surface area (Å²) in [5, 5.41) is 6.99. The first kappa shape index (κ1) is 14.1. The largest absolute Gasteiger partial charge is 0.322 e. The molecule has 0 aliphatic rings. The fraction of sp³-hybridized carbons (Fsp3) is 0.111. The van der Waals surface area contributed by atoms with Crippen LogP contribution >= 0.6 is 0 Å². The van der Waals surface area contributed by atoms with Gasteiger partial charge in [-0.05, 0) is 23.6 Å². The minimum absolute atomic E-state index is 0.145. The maximum atomic E-state index is 12.3. The van der Waals surface area contributed by atoms with Crippen LogP contribution in [0.2, 0.25) is 0 Å². The fourth-order valence-corrected chi connectivity index (χ4v) is 2.35. The van der Waals surface area contributed by atoms with Gasteiger partial charge in [0.15, 0.2) is 0 Å². The van der Waals surface area contributed by atoms with E-state index < -0.39 is 0 Å². The SMILES string of the molecule is Cn1cc(C(=O)Nc2ccccc2Cc2ccccc2)cn1. The molecule has 0 aliphatic heterocycles. The van der Waals surface area contributed by atoms with E-state index in [1.165, 1.54) is 5.56 Å². The van der Waals surface area contributed by atoms with E-state index in [9.17, 15) is 4.79 Å². The van der Waals surface area contributed by atoms with E-state index in [4.69, 9.17) is 0 Å². The van der Waals surface area contributed by atoms with Crippen LogP contribution in [-0.2, 0) is 13.5 Å². The average Bonchev–Trinajstić information content (AvgIpc) is 2.97. The maximum absolute atomic E-state index is 12.3. The van der Waals surface area contributed by atoms with Gasteiger partial charge in [0, 0.05) is 18.9 Å². The van der Waals surface area contributed by atoms with Gasteiger partial charge in [0.1, 0.15) is 0 Å². The molecule has 0 bridgehead atoms. The Balaban J connectivity index is 1.81. The lowest BCUT2D eigenvalue weighted by Crippen LogP contribution is -2.12. The Hall–Kier alpha value is -2.88. The smallest absolute Gasteiger partial charge is 0.258 e. The number of hydrogen-bond acceptors (Lipinski definition) is 2. The van der Waals surface area contributed by atoms with Gasteiger partial charge < -0.3 is 5.32 Å². The molecule has 0 fully saturated rings. The van der Waals surface area contributed by atoms with Gasteiger partial charge in [0.25, 0.3) is 5.91 Å². The predicted octanol–water partition coefficient (Wildman–Crippen LogP) is 3.26. The van der Waals surface area contributed by atoms with Crippen molar-refractivity contribution in [3.05, 3.63) is 83.7 Å². The Morgan fingerprint density at radius 3 is 2.55 bits per heavy atom. The molecule has 0 saturated carbocycles. The molecule has 1 N–H and O–H groups in total. The van der Waals surface area contributed by atoms with Crippen LogP contribution in [0, 0.1) is 0 Å². The number of nitrogens with zero attached hydrogens (tertiary/aromatic N) is 2. The number of amides is 1. The first-order valence-corrected chi connectivity index (χ1v) is 7.14. The van der Waals surface area contributed by atoms with Crippen molar-refractivity contribution in [2.75, 3.05) is 5.32 Å². The number of para-hydroxylation sites is 1. The highest BCUT2D eigenvalue weighted by molar-refractivity contribution is 6.04. The van der Waals surface area contributed by atoms with Crippen LogP contribution in [0.5, 0.6) is 0 Å². The molecule has 1 amide bonds. The number of aromatic nitrogens is 2. The van der Waals surface area contributed by atoms with E-state index in [-0.39, 0.29) is 5.91 Å². The van der Waals surface area contributed by atoms with Crippen molar-refractivity contribution in [2.45, 2.75) is 6.42 Å². The molecule has 1 aromatic heterocycles. The third-order valence-electron chi connectivity index (χ3n) is 3.47. The normalized spacial score (nSPS) is 10.4. The summed E-state index contributed by atoms with van der Waals surface area (Å²) < 4.78 is 1.62. The molecule has 0 atom stereocenters. The zero-order valence-electron chi connectivity index (χ0n) is 12.4. The highest BCUT2D eigenvalue weighted by Gasteiger charge is 2.10. The van der Waals surface area contributed by atoms with Crippen molar-refractivity contribution >= 4 is 11.6 Å². The number of carbonyl (C=O) groups excluding carboxylic acids is 1. The molecular weight excluding hydrogens is 274 g/mol. The minimum Gasteiger partial charge on any atom is -0.322 e. The van der Waals surface area contributed by atoms with Crippen LogP contribution in [0.15, 0.2) is 67.0 Å². The van der Waals surface area contributed by atoms with E-state index in [1.807, 2.05) is 42.5 Å². The van der Waals surface area contributed by atoms with Crippen LogP contribution in [0.4, 0.5) is 5.69 Å². The third-order valence-corrected chi connectivity index (χ3v) is 3.47. The topological polar surface area (TPSA) is 46.9 Å². The van der Waals surface area contributed by atoms with E-state index in [1.54, 1.807) is 24.1 Å². The van der Waals surface area contributed by atoms with Crippen LogP contribution < -0.4 is 5.32 Å². The number of nitrogens with one attached hydrogen (secondary N) is 1. The molecule has 2 aromatic carbocycles. The molecule has 0 unspecified atom stereocenters. The Morgan fingerprint density at radius 2 is 1.82 bits per heavy atom. The van der Waals surface area contributed by atoms with Crippen molar-refractivity contribution in [1.29, 1.82) is 0 Å². The summed E-state index contributed by atoms with van der Waals surface area (Å²) in [5.74, 6) is -0.145. The lowest BCUT2D eigenvalue weighted by atomic mass is 10.0. The van der Waals surface area contributed by atoms with E-state index >= 15 is 0 Å². The number of hydrogen-bond donors (Lipinski definition) is 1. The number of anilines is 1. The Kier molecular flexibility index (Phi) is 4.01. The highest BCUT2D eigenvalue weighted by Crippen LogP contribution is 2.19. The summed E-state index contributed by atoms with van der Waals surface area (Å²) in [5.41, 5.74) is 3.69. The molecule has 0 spiro atoms. The van der Waals surface area contributed by atoms with Gasteiger partial charge in [-0.25, -0.2) is 0 Å². The summed E-state index contributed by atoms with van der Waals surface area (Å²) in [6.45, 7) is 0. The van der Waals surface area contributed by atoms with Crippen molar-refractivity contribution in [2.24, 2.45) is 7.05 Å². The fourth-order valence-electron chi connectivity index (χ4n) is 2.35. The number of aryl methyl sites for hydroxylation is 1. The van der Waals surface area contributed by atoms with Gasteiger partial charge in [-0.15, -0.1) is 0 Å². The van der Waals surface area contributed by atoms with Crippen molar-refractivity contribution in [3.8, 4) is 0 Å². The number of benzene rings is 2. The van der Waals surface area contributed by atoms with E-state index in [0.717, 1.165) is 17.7 Å². The molecular formula is C18H17N3O. The number of carbonyl (C=O) groups is 1. The van der Waals surface area contributed by atoms with E-state index in [0.29, 0.717) is 5.56 Å². The van der Waals surface area contributed by atoms with Gasteiger partial charge in [-0.2, -0.15) is 5.10 Å². The zero-order chi connectivity index (χ0) is 15.4. The average molecular weight is 291 g/mol. The second kappa shape index (κ2) is 6.26. The van der Waals surface area contributed by atoms with Gasteiger partial charge in [-0.3, -0.25) is 9.48 Å². The Bertz CT molecular complexity index is 778. The van der Waals surface area contributed by atoms with Crippen molar-refractivity contribution < 1.29 is 4.79 Å². The van der Waals surface area contributed by atoms with Gasteiger partial charge in [0.2, 0.25) is 0 Å². The molecule has 3 rings (SSSR count). The molecule has 0 saturated heterocycles. The molecule has 1 heterocycles. The van der Waals surface area contributed by atoms with E-state index in [2.05, 4.69) is 22.5 Å². The Labute approximate surface area is 129 Å². The van der Waals surface area contributed by atoms with Gasteiger partial charge >= 0.3 is 0 Å². The van der Waals surface area contributed by atoms with Gasteiger partial charge in [0.05, 0.1) is 11.8 Å². The molecule has 22 heavy (non-hydrogen) atoms. The highest BCUT2D eigenvalue weighted by atomic mass is 16.1. The Morgan fingerprint density at radius 1 is 1.09 bits per heavy atom. The quantitative estimate of drug-likeness (QED) is 0.802. The summed E-state index contributed by atoms with van der Waals surface area (Å²) in [6, 6.07) is 18.1. The lowest BCUT2D eigenvalue weighted by molar-refractivity contribution is 0.102. The molecule has 3 aromatic rings. The van der Waals surface area contributed by atoms with Gasteiger partial charge in [-0.1, -0.05) is 48.5 Å². The predicted molar refractivity (Wildman–Crippen MR) is 86.9 cm³/mol. The molecule has 4 heteroatoms. The monoisotopic (exact) mass is 291 g/mol. The number of rotatable bonds is 4. The van der Waals surface area contributed by atoms with Crippen LogP contribution in [0.3, 0.4) is 0 Å². The molecule has 0 radical (unpaired) electrons. The van der Waals surface area contributed by atoms with Crippen molar-refractivity contribution in [1.82, 2.24) is 9.78 Å². The summed E-state index contributed by atoms with van der Waals surface area (Å²) in [7, 11) is 1.79. The third kappa shape index (κ3) is 3.23. The van der Waals surface area contributed by atoms with Crippen LogP contribution in [-0.4, -0.2) is 15.7 Å². The minimum atomic E-state index is -0.145. The molecule has 4 nitrogen and oxygen atoms in total. The molecule has 110 valence electrons. The van der Waals surface area contributed by atoms with Crippen LogP contribution in [0.1, 0.15) is 21.5 Å². The zero-order valence-corrected chi connectivity index (χ0v) is 12.4. The summed E-state index contributed by atoms with van der Waals surface area (Å²) >= 11 is 0. The second-order valence-electron chi connectivity index (χ2n) is 5.18.